The Hall–Kier alpha value is -3.14. The maximum atomic E-state index is 13.6. The number of hydrogen-bond acceptors (Lipinski definition) is 8. The maximum absolute atomic E-state index is 13.6. The topological polar surface area (TPSA) is 81.7 Å². The number of carbonyl (C=O) groups is 1. The third-order valence-corrected chi connectivity index (χ3v) is 23.6. The van der Waals surface area contributed by atoms with Crippen molar-refractivity contribution in [3.63, 3.8) is 0 Å². The Morgan fingerprint density at radius 2 is 1.39 bits per heavy atom. The first kappa shape index (κ1) is 51.5. The van der Waals surface area contributed by atoms with Crippen molar-refractivity contribution >= 4 is 47.1 Å². The summed E-state index contributed by atoms with van der Waals surface area (Å²) < 4.78 is 45.1. The Balaban J connectivity index is 1.68. The molecule has 0 spiro atoms. The van der Waals surface area contributed by atoms with E-state index in [0.717, 1.165) is 6.04 Å². The lowest BCUT2D eigenvalue weighted by molar-refractivity contribution is -0.151. The van der Waals surface area contributed by atoms with Gasteiger partial charge in [0.1, 0.15) is 17.4 Å². The predicted octanol–water partition coefficient (Wildman–Crippen LogP) is 11.6. The van der Waals surface area contributed by atoms with Crippen molar-refractivity contribution in [2.24, 2.45) is 5.92 Å². The molecule has 4 rings (SSSR count). The lowest BCUT2D eigenvalue weighted by Crippen LogP contribution is -2.67. The van der Waals surface area contributed by atoms with Crippen molar-refractivity contribution < 1.29 is 37.3 Å². The van der Waals surface area contributed by atoms with E-state index >= 15 is 0 Å². The Morgan fingerprint density at radius 1 is 0.790 bits per heavy atom. The Labute approximate surface area is 378 Å². The van der Waals surface area contributed by atoms with Gasteiger partial charge in [-0.1, -0.05) is 165 Å². The van der Waals surface area contributed by atoms with Crippen molar-refractivity contribution in [3.05, 3.63) is 108 Å². The molecule has 1 saturated heterocycles. The van der Waals surface area contributed by atoms with E-state index in [1.165, 1.54) is 10.4 Å². The first-order chi connectivity index (χ1) is 28.8. The zero-order valence-corrected chi connectivity index (χ0v) is 43.8. The third-order valence-electron chi connectivity index (χ3n) is 12.3. The zero-order chi connectivity index (χ0) is 46.1. The summed E-state index contributed by atoms with van der Waals surface area (Å²) in [6.07, 6.45) is 7.75. The summed E-state index contributed by atoms with van der Waals surface area (Å²) in [7, 11) is -4.94. The van der Waals surface area contributed by atoms with Gasteiger partial charge in [-0.2, -0.15) is 0 Å². The molecule has 0 N–H and O–H groups in total. The highest BCUT2D eigenvalue weighted by Gasteiger charge is 2.52. The molecule has 0 aliphatic carbocycles. The molecule has 3 aromatic carbocycles. The van der Waals surface area contributed by atoms with Crippen LogP contribution >= 0.6 is 0 Å². The lowest BCUT2D eigenvalue weighted by Gasteiger charge is -2.45. The van der Waals surface area contributed by atoms with Crippen LogP contribution in [0.5, 0.6) is 5.75 Å². The van der Waals surface area contributed by atoms with E-state index in [9.17, 15) is 4.79 Å². The van der Waals surface area contributed by atoms with Gasteiger partial charge in [-0.3, -0.25) is 0 Å². The van der Waals surface area contributed by atoms with Crippen LogP contribution in [-0.2, 0) is 27.8 Å². The molecule has 0 amide bonds. The van der Waals surface area contributed by atoms with Gasteiger partial charge in [-0.15, -0.1) is 0 Å². The number of hydrogen-bond donors (Lipinski definition) is 0. The molecule has 3 aromatic rings. The summed E-state index contributed by atoms with van der Waals surface area (Å²) >= 11 is 0. The molecule has 1 heterocycles. The highest BCUT2D eigenvalue weighted by Crippen LogP contribution is 2.42. The highest BCUT2D eigenvalue weighted by atomic mass is 28.4. The molecule has 342 valence electrons. The standard InChI is InChI=1S/C51H78O8Si3/c1-38(39(2)58-62(50(6,7)8,41-27-19-17-20-28-41)42-29-21-18-22-30-42)33-34-45(59-61(15,16)49(3,4)5)47-44(56-51(9,10)57-47)32-24-26-40-25-23-31-43(55-37-53-11)46(40)48(52)54-35-36-60(12,13)14/h17-31,33-34,38-39,44-45,47H,32,35-37H2,1-16H3/b26-24+,34-33-/t38-,39-,44+,45?,47-/m0/s1. The molecule has 1 aliphatic heterocycles. The van der Waals surface area contributed by atoms with Crippen LogP contribution in [0.1, 0.15) is 91.6 Å². The monoisotopic (exact) mass is 903 g/mol. The second kappa shape index (κ2) is 21.2. The molecule has 1 fully saturated rings. The van der Waals surface area contributed by atoms with Gasteiger partial charge in [0.25, 0.3) is 8.32 Å². The van der Waals surface area contributed by atoms with Gasteiger partial charge in [0.15, 0.2) is 20.9 Å². The number of esters is 1. The molecule has 0 saturated carbocycles. The van der Waals surface area contributed by atoms with Crippen LogP contribution in [0.2, 0.25) is 48.9 Å². The number of methoxy groups -OCH3 is 1. The third kappa shape index (κ3) is 13.4. The average molecular weight is 903 g/mol. The summed E-state index contributed by atoms with van der Waals surface area (Å²) in [4.78, 5) is 13.6. The quantitative estimate of drug-likeness (QED) is 0.0480. The molecule has 8 nitrogen and oxygen atoms in total. The van der Waals surface area contributed by atoms with Crippen LogP contribution in [0.25, 0.3) is 6.08 Å². The van der Waals surface area contributed by atoms with Crippen LogP contribution < -0.4 is 15.1 Å². The summed E-state index contributed by atoms with van der Waals surface area (Å²) in [5.74, 6) is -0.783. The molecule has 1 unspecified atom stereocenters. The predicted molar refractivity (Wildman–Crippen MR) is 263 cm³/mol. The minimum Gasteiger partial charge on any atom is -0.467 e. The molecular weight excluding hydrogens is 825 g/mol. The molecule has 0 aromatic heterocycles. The van der Waals surface area contributed by atoms with Crippen LogP contribution in [0.3, 0.4) is 0 Å². The molecular formula is C51H78O8Si3. The molecule has 0 bridgehead atoms. The van der Waals surface area contributed by atoms with E-state index in [0.29, 0.717) is 29.9 Å². The average Bonchev–Trinajstić information content (AvgIpc) is 3.50. The normalized spacial score (nSPS) is 19.2. The second-order valence-corrected chi connectivity index (χ2v) is 35.7. The summed E-state index contributed by atoms with van der Waals surface area (Å²) in [5, 5.41) is 2.34. The highest BCUT2D eigenvalue weighted by molar-refractivity contribution is 6.99. The van der Waals surface area contributed by atoms with Crippen molar-refractivity contribution in [3.8, 4) is 5.75 Å². The van der Waals surface area contributed by atoms with E-state index in [2.05, 4.69) is 161 Å². The fourth-order valence-electron chi connectivity index (χ4n) is 7.57. The van der Waals surface area contributed by atoms with E-state index in [1.54, 1.807) is 13.2 Å². The fraction of sp³-hybridized carbons (Fsp3) is 0.549. The minimum absolute atomic E-state index is 0.0124. The van der Waals surface area contributed by atoms with Crippen LogP contribution in [-0.4, -0.2) is 81.4 Å². The van der Waals surface area contributed by atoms with E-state index in [1.807, 2.05) is 38.1 Å². The smallest absolute Gasteiger partial charge is 0.342 e. The molecule has 0 radical (unpaired) electrons. The minimum atomic E-state index is -2.78. The fourth-order valence-corrected chi connectivity index (χ4v) is 14.3. The van der Waals surface area contributed by atoms with E-state index < -0.39 is 42.6 Å². The van der Waals surface area contributed by atoms with Crippen molar-refractivity contribution in [2.45, 2.75) is 155 Å². The summed E-state index contributed by atoms with van der Waals surface area (Å²) in [6.45, 7) is 33.8. The number of benzene rings is 3. The van der Waals surface area contributed by atoms with Gasteiger partial charge in [-0.05, 0) is 84.3 Å². The van der Waals surface area contributed by atoms with Gasteiger partial charge in [0.05, 0.1) is 18.8 Å². The lowest BCUT2D eigenvalue weighted by atomic mass is 10.00. The van der Waals surface area contributed by atoms with Crippen LogP contribution in [0, 0.1) is 5.92 Å². The largest absolute Gasteiger partial charge is 0.467 e. The van der Waals surface area contributed by atoms with Gasteiger partial charge in [0.2, 0.25) is 0 Å². The summed E-state index contributed by atoms with van der Waals surface area (Å²) in [6, 6.07) is 28.0. The summed E-state index contributed by atoms with van der Waals surface area (Å²) in [5.41, 5.74) is 1.08. The van der Waals surface area contributed by atoms with Crippen molar-refractivity contribution in [1.82, 2.24) is 0 Å². The first-order valence-corrected chi connectivity index (χ1v) is 30.9. The van der Waals surface area contributed by atoms with Crippen molar-refractivity contribution in [2.75, 3.05) is 20.5 Å². The van der Waals surface area contributed by atoms with E-state index in [4.69, 9.17) is 32.5 Å². The zero-order valence-electron chi connectivity index (χ0n) is 40.8. The molecule has 62 heavy (non-hydrogen) atoms. The Morgan fingerprint density at radius 3 is 1.92 bits per heavy atom. The van der Waals surface area contributed by atoms with Gasteiger partial charge < -0.3 is 32.5 Å². The van der Waals surface area contributed by atoms with E-state index in [-0.39, 0.29) is 41.1 Å². The molecule has 11 heteroatoms. The van der Waals surface area contributed by atoms with Gasteiger partial charge >= 0.3 is 5.97 Å². The van der Waals surface area contributed by atoms with Crippen LogP contribution in [0.4, 0.5) is 0 Å². The number of rotatable bonds is 20. The Bertz CT molecular complexity index is 1890. The maximum Gasteiger partial charge on any atom is 0.342 e. The van der Waals surface area contributed by atoms with Crippen molar-refractivity contribution in [1.29, 1.82) is 0 Å². The second-order valence-electron chi connectivity index (χ2n) is 21.1. The van der Waals surface area contributed by atoms with Crippen LogP contribution in [0.15, 0.2) is 97.1 Å². The molecule has 5 atom stereocenters. The molecule has 1 aliphatic rings. The first-order valence-electron chi connectivity index (χ1n) is 22.4. The Kier molecular flexibility index (Phi) is 17.6. The van der Waals surface area contributed by atoms with Gasteiger partial charge in [-0.25, -0.2) is 4.79 Å². The number of ether oxygens (including phenoxy) is 5. The van der Waals surface area contributed by atoms with Gasteiger partial charge in [0, 0.05) is 21.3 Å². The SMILES string of the molecule is COCOc1cccc(/C=C/C[C@H]2OC(C)(C)O[C@@H]2C(/C=C\[C@H](C)[C@H](C)O[Si](c2ccccc2)(c2ccccc2)C(C)(C)C)O[Si](C)(C)C(C)(C)C)c1C(=O)OCC[Si](C)(C)C. The number of carbonyl (C=O) groups excluding carboxylic acids is 1.